The van der Waals surface area contributed by atoms with Gasteiger partial charge >= 0.3 is 5.97 Å². The molecule has 1 N–H and O–H groups in total. The largest absolute Gasteiger partial charge is 0.481 e. The molecule has 1 rings (SSSR count). The van der Waals surface area contributed by atoms with Crippen molar-refractivity contribution in [2.75, 3.05) is 13.6 Å². The molecule has 0 saturated heterocycles. The lowest BCUT2D eigenvalue weighted by atomic mass is 10.0. The maximum absolute atomic E-state index is 10.3. The summed E-state index contributed by atoms with van der Waals surface area (Å²) in [5, 5.41) is 8.52. The standard InChI is InChI=1S/C10H17NO2/c1-11(8-7-10(12)13)9-5-3-2-4-6-9/h3,5,9H,2,4,6-8H2,1H3,(H,12,13). The van der Waals surface area contributed by atoms with Crippen molar-refractivity contribution in [1.82, 2.24) is 4.90 Å². The van der Waals surface area contributed by atoms with E-state index in [0.717, 1.165) is 6.42 Å². The summed E-state index contributed by atoms with van der Waals surface area (Å²) in [4.78, 5) is 12.5. The second-order valence-electron chi connectivity index (χ2n) is 3.55. The Kier molecular flexibility index (Phi) is 3.96. The van der Waals surface area contributed by atoms with E-state index in [9.17, 15) is 4.79 Å². The van der Waals surface area contributed by atoms with Crippen molar-refractivity contribution in [2.24, 2.45) is 0 Å². The first-order chi connectivity index (χ1) is 6.20. The van der Waals surface area contributed by atoms with Gasteiger partial charge in [0.2, 0.25) is 0 Å². The van der Waals surface area contributed by atoms with Crippen LogP contribution in [0.4, 0.5) is 0 Å². The lowest BCUT2D eigenvalue weighted by Crippen LogP contribution is -2.32. The zero-order valence-corrected chi connectivity index (χ0v) is 8.07. The lowest BCUT2D eigenvalue weighted by Gasteiger charge is -2.26. The minimum Gasteiger partial charge on any atom is -0.481 e. The Bertz CT molecular complexity index is 201. The van der Waals surface area contributed by atoms with Crippen molar-refractivity contribution >= 4 is 5.97 Å². The minimum absolute atomic E-state index is 0.237. The molecular weight excluding hydrogens is 166 g/mol. The van der Waals surface area contributed by atoms with E-state index in [1.54, 1.807) is 0 Å². The first kappa shape index (κ1) is 10.3. The number of carbonyl (C=O) groups is 1. The molecular formula is C10H17NO2. The average molecular weight is 183 g/mol. The molecule has 0 radical (unpaired) electrons. The second-order valence-corrected chi connectivity index (χ2v) is 3.55. The molecule has 0 aromatic rings. The van der Waals surface area contributed by atoms with Gasteiger partial charge in [-0.05, 0) is 26.3 Å². The van der Waals surface area contributed by atoms with Gasteiger partial charge in [0.15, 0.2) is 0 Å². The monoisotopic (exact) mass is 183 g/mol. The van der Waals surface area contributed by atoms with Crippen LogP contribution in [0.1, 0.15) is 25.7 Å². The van der Waals surface area contributed by atoms with Crippen molar-refractivity contribution in [3.8, 4) is 0 Å². The van der Waals surface area contributed by atoms with E-state index >= 15 is 0 Å². The summed E-state index contributed by atoms with van der Waals surface area (Å²) in [6.45, 7) is 0.643. The molecule has 13 heavy (non-hydrogen) atoms. The van der Waals surface area contributed by atoms with Gasteiger partial charge in [0.05, 0.1) is 6.42 Å². The Labute approximate surface area is 79.0 Å². The molecule has 0 saturated carbocycles. The average Bonchev–Trinajstić information content (AvgIpc) is 2.15. The van der Waals surface area contributed by atoms with Gasteiger partial charge < -0.3 is 5.11 Å². The van der Waals surface area contributed by atoms with Crippen LogP contribution >= 0.6 is 0 Å². The van der Waals surface area contributed by atoms with Gasteiger partial charge in [-0.1, -0.05) is 12.2 Å². The number of hydrogen-bond acceptors (Lipinski definition) is 2. The zero-order valence-electron chi connectivity index (χ0n) is 8.07. The molecule has 3 heteroatoms. The van der Waals surface area contributed by atoms with E-state index in [0.29, 0.717) is 12.6 Å². The number of likely N-dealkylation sites (N-methyl/N-ethyl adjacent to an activating group) is 1. The third-order valence-electron chi connectivity index (χ3n) is 2.47. The first-order valence-corrected chi connectivity index (χ1v) is 4.79. The summed E-state index contributed by atoms with van der Waals surface area (Å²) in [7, 11) is 1.99. The molecule has 1 aliphatic rings. The predicted octanol–water partition coefficient (Wildman–Crippen LogP) is 1.50. The summed E-state index contributed by atoms with van der Waals surface area (Å²) >= 11 is 0. The van der Waals surface area contributed by atoms with Crippen molar-refractivity contribution in [3.63, 3.8) is 0 Å². The predicted molar refractivity (Wildman–Crippen MR) is 51.7 cm³/mol. The Morgan fingerprint density at radius 2 is 2.46 bits per heavy atom. The second kappa shape index (κ2) is 5.02. The SMILES string of the molecule is CN(CCC(=O)O)C1C=CCCC1. The van der Waals surface area contributed by atoms with E-state index in [1.807, 2.05) is 7.05 Å². The summed E-state index contributed by atoms with van der Waals surface area (Å²) in [6.07, 6.45) is 8.16. The minimum atomic E-state index is -0.716. The number of carboxylic acids is 1. The van der Waals surface area contributed by atoms with Gasteiger partial charge in [0.25, 0.3) is 0 Å². The van der Waals surface area contributed by atoms with Crippen molar-refractivity contribution in [1.29, 1.82) is 0 Å². The van der Waals surface area contributed by atoms with Crippen molar-refractivity contribution in [3.05, 3.63) is 12.2 Å². The zero-order chi connectivity index (χ0) is 9.68. The molecule has 3 nitrogen and oxygen atoms in total. The fourth-order valence-electron chi connectivity index (χ4n) is 1.60. The smallest absolute Gasteiger partial charge is 0.304 e. The van der Waals surface area contributed by atoms with Crippen LogP contribution in [-0.4, -0.2) is 35.6 Å². The van der Waals surface area contributed by atoms with E-state index < -0.39 is 5.97 Å². The molecule has 0 heterocycles. The van der Waals surface area contributed by atoms with Crippen LogP contribution in [0.15, 0.2) is 12.2 Å². The van der Waals surface area contributed by atoms with Crippen LogP contribution in [0.3, 0.4) is 0 Å². The number of carboxylic acid groups (broad SMARTS) is 1. The molecule has 0 amide bonds. The Hall–Kier alpha value is -0.830. The van der Waals surface area contributed by atoms with Gasteiger partial charge in [-0.15, -0.1) is 0 Å². The highest BCUT2D eigenvalue weighted by Gasteiger charge is 2.13. The molecule has 1 unspecified atom stereocenters. The molecule has 1 aliphatic carbocycles. The number of rotatable bonds is 4. The molecule has 0 aliphatic heterocycles. The van der Waals surface area contributed by atoms with Crippen LogP contribution in [0.25, 0.3) is 0 Å². The van der Waals surface area contributed by atoms with Crippen LogP contribution in [0.5, 0.6) is 0 Å². The van der Waals surface area contributed by atoms with E-state index in [1.165, 1.54) is 12.8 Å². The fourth-order valence-corrected chi connectivity index (χ4v) is 1.60. The normalized spacial score (nSPS) is 22.2. The van der Waals surface area contributed by atoms with Crippen LogP contribution in [0, 0.1) is 0 Å². The van der Waals surface area contributed by atoms with E-state index in [-0.39, 0.29) is 6.42 Å². The Morgan fingerprint density at radius 3 is 3.00 bits per heavy atom. The highest BCUT2D eigenvalue weighted by Crippen LogP contribution is 2.14. The van der Waals surface area contributed by atoms with Crippen LogP contribution < -0.4 is 0 Å². The number of allylic oxidation sites excluding steroid dienone is 1. The summed E-state index contributed by atoms with van der Waals surface area (Å²) in [6, 6.07) is 0.452. The van der Waals surface area contributed by atoms with Crippen molar-refractivity contribution < 1.29 is 9.90 Å². The molecule has 0 aromatic carbocycles. The molecule has 0 spiro atoms. The van der Waals surface area contributed by atoms with Gasteiger partial charge in [-0.25, -0.2) is 0 Å². The number of aliphatic carboxylic acids is 1. The van der Waals surface area contributed by atoms with Crippen LogP contribution in [-0.2, 0) is 4.79 Å². The highest BCUT2D eigenvalue weighted by atomic mass is 16.4. The highest BCUT2D eigenvalue weighted by molar-refractivity contribution is 5.66. The maximum atomic E-state index is 10.3. The maximum Gasteiger partial charge on any atom is 0.304 e. The third-order valence-corrected chi connectivity index (χ3v) is 2.47. The van der Waals surface area contributed by atoms with Gasteiger partial charge in [-0.3, -0.25) is 9.69 Å². The number of nitrogens with zero attached hydrogens (tertiary/aromatic N) is 1. The Morgan fingerprint density at radius 1 is 1.69 bits per heavy atom. The summed E-state index contributed by atoms with van der Waals surface area (Å²) in [5.74, 6) is -0.716. The van der Waals surface area contributed by atoms with Crippen molar-refractivity contribution in [2.45, 2.75) is 31.7 Å². The molecule has 1 atom stereocenters. The fraction of sp³-hybridized carbons (Fsp3) is 0.700. The lowest BCUT2D eigenvalue weighted by molar-refractivity contribution is -0.137. The first-order valence-electron chi connectivity index (χ1n) is 4.79. The summed E-state index contributed by atoms with van der Waals surface area (Å²) in [5.41, 5.74) is 0. The van der Waals surface area contributed by atoms with E-state index in [4.69, 9.17) is 5.11 Å². The van der Waals surface area contributed by atoms with Gasteiger partial charge in [0.1, 0.15) is 0 Å². The molecule has 0 fully saturated rings. The van der Waals surface area contributed by atoms with E-state index in [2.05, 4.69) is 17.1 Å². The van der Waals surface area contributed by atoms with Gasteiger partial charge in [0, 0.05) is 12.6 Å². The summed E-state index contributed by atoms with van der Waals surface area (Å²) < 4.78 is 0. The molecule has 0 aromatic heterocycles. The topological polar surface area (TPSA) is 40.5 Å². The molecule has 74 valence electrons. The Balaban J connectivity index is 2.29. The number of hydrogen-bond donors (Lipinski definition) is 1. The third kappa shape index (κ3) is 3.59. The van der Waals surface area contributed by atoms with Gasteiger partial charge in [-0.2, -0.15) is 0 Å². The quantitative estimate of drug-likeness (QED) is 0.671. The molecule has 0 bridgehead atoms. The van der Waals surface area contributed by atoms with Crippen LogP contribution in [0.2, 0.25) is 0 Å².